The van der Waals surface area contributed by atoms with Crippen molar-refractivity contribution in [3.63, 3.8) is 0 Å². The Bertz CT molecular complexity index is 172. The number of nitrogens with zero attached hydrogens (tertiary/aromatic N) is 1. The molecule has 0 saturated heterocycles. The predicted octanol–water partition coefficient (Wildman–Crippen LogP) is 0.855. The van der Waals surface area contributed by atoms with Gasteiger partial charge in [-0.2, -0.15) is 0 Å². The molecule has 0 amide bonds. The maximum Gasteiger partial charge on any atom is 0.0582 e. The maximum atomic E-state index is 5.67. The van der Waals surface area contributed by atoms with Gasteiger partial charge in [0.15, 0.2) is 0 Å². The van der Waals surface area contributed by atoms with Gasteiger partial charge in [-0.15, -0.1) is 0 Å². The van der Waals surface area contributed by atoms with Crippen LogP contribution < -0.4 is 5.73 Å². The summed E-state index contributed by atoms with van der Waals surface area (Å²) in [6.45, 7) is 0.774. The Morgan fingerprint density at radius 1 is 1.78 bits per heavy atom. The van der Waals surface area contributed by atoms with Crippen LogP contribution in [0.1, 0.15) is 0 Å². The largest absolute Gasteiger partial charge is 0.401 e. The van der Waals surface area contributed by atoms with Crippen molar-refractivity contribution in [2.24, 2.45) is 5.73 Å². The van der Waals surface area contributed by atoms with Crippen molar-refractivity contribution in [3.05, 3.63) is 23.0 Å². The van der Waals surface area contributed by atoms with Crippen molar-refractivity contribution >= 4 is 11.6 Å². The SMILES string of the molecule is CN1C=C(Cl)C=C(N)C1. The third-order valence-electron chi connectivity index (χ3n) is 1.10. The Hall–Kier alpha value is -0.630. The summed E-state index contributed by atoms with van der Waals surface area (Å²) in [5.41, 5.74) is 6.32. The zero-order chi connectivity index (χ0) is 6.85. The van der Waals surface area contributed by atoms with Crippen LogP contribution >= 0.6 is 11.6 Å². The van der Waals surface area contributed by atoms with E-state index in [0.717, 1.165) is 12.2 Å². The molecule has 0 bridgehead atoms. The van der Waals surface area contributed by atoms with Gasteiger partial charge in [-0.3, -0.25) is 0 Å². The molecule has 9 heavy (non-hydrogen) atoms. The van der Waals surface area contributed by atoms with Crippen molar-refractivity contribution in [2.45, 2.75) is 0 Å². The molecular formula is C6H9ClN2. The zero-order valence-corrected chi connectivity index (χ0v) is 6.02. The Morgan fingerprint density at radius 3 is 2.89 bits per heavy atom. The zero-order valence-electron chi connectivity index (χ0n) is 5.26. The van der Waals surface area contributed by atoms with Gasteiger partial charge < -0.3 is 10.6 Å². The van der Waals surface area contributed by atoms with Gasteiger partial charge in [0.2, 0.25) is 0 Å². The fourth-order valence-electron chi connectivity index (χ4n) is 0.804. The summed E-state index contributed by atoms with van der Waals surface area (Å²) in [4.78, 5) is 1.94. The smallest absolute Gasteiger partial charge is 0.0582 e. The molecule has 0 spiro atoms. The second-order valence-corrected chi connectivity index (χ2v) is 2.58. The van der Waals surface area contributed by atoms with Gasteiger partial charge in [0.25, 0.3) is 0 Å². The van der Waals surface area contributed by atoms with Crippen LogP contribution in [0.5, 0.6) is 0 Å². The molecule has 0 aromatic carbocycles. The molecule has 1 aliphatic rings. The number of hydrogen-bond acceptors (Lipinski definition) is 2. The number of hydrogen-bond donors (Lipinski definition) is 1. The van der Waals surface area contributed by atoms with Crippen LogP contribution in [0, 0.1) is 0 Å². The molecule has 0 radical (unpaired) electrons. The molecule has 1 rings (SSSR count). The first-order valence-corrected chi connectivity index (χ1v) is 3.10. The summed E-state index contributed by atoms with van der Waals surface area (Å²) in [5.74, 6) is 0. The Labute approximate surface area is 59.6 Å². The number of nitrogens with two attached hydrogens (primary N) is 1. The molecule has 0 aromatic rings. The molecule has 0 saturated carbocycles. The van der Waals surface area contributed by atoms with Gasteiger partial charge in [0.1, 0.15) is 0 Å². The minimum Gasteiger partial charge on any atom is -0.401 e. The second-order valence-electron chi connectivity index (χ2n) is 2.15. The van der Waals surface area contributed by atoms with Gasteiger partial charge >= 0.3 is 0 Å². The lowest BCUT2D eigenvalue weighted by molar-refractivity contribution is 0.487. The van der Waals surface area contributed by atoms with E-state index in [1.807, 2.05) is 18.1 Å². The molecule has 0 aromatic heterocycles. The topological polar surface area (TPSA) is 29.3 Å². The quantitative estimate of drug-likeness (QED) is 0.547. The van der Waals surface area contributed by atoms with E-state index < -0.39 is 0 Å². The third-order valence-corrected chi connectivity index (χ3v) is 1.31. The molecule has 0 fully saturated rings. The van der Waals surface area contributed by atoms with Gasteiger partial charge in [0, 0.05) is 18.9 Å². The van der Waals surface area contributed by atoms with Crippen LogP contribution in [0.15, 0.2) is 23.0 Å². The van der Waals surface area contributed by atoms with Gasteiger partial charge in [-0.1, -0.05) is 11.6 Å². The molecule has 50 valence electrons. The maximum absolute atomic E-state index is 5.67. The van der Waals surface area contributed by atoms with E-state index in [0.29, 0.717) is 5.03 Å². The van der Waals surface area contributed by atoms with E-state index in [9.17, 15) is 0 Å². The summed E-state index contributed by atoms with van der Waals surface area (Å²) in [6.07, 6.45) is 3.61. The van der Waals surface area contributed by atoms with Crippen molar-refractivity contribution < 1.29 is 0 Å². The average molecular weight is 145 g/mol. The highest BCUT2D eigenvalue weighted by Gasteiger charge is 2.02. The molecule has 3 heteroatoms. The van der Waals surface area contributed by atoms with Gasteiger partial charge in [-0.05, 0) is 6.08 Å². The van der Waals surface area contributed by atoms with E-state index in [2.05, 4.69) is 0 Å². The lowest BCUT2D eigenvalue weighted by Gasteiger charge is -2.18. The van der Waals surface area contributed by atoms with Crippen LogP contribution in [-0.4, -0.2) is 18.5 Å². The number of likely N-dealkylation sites (N-methyl/N-ethyl adjacent to an activating group) is 1. The van der Waals surface area contributed by atoms with Crippen molar-refractivity contribution in [1.82, 2.24) is 4.90 Å². The summed E-state index contributed by atoms with van der Waals surface area (Å²) >= 11 is 5.67. The van der Waals surface area contributed by atoms with Gasteiger partial charge in [0.05, 0.1) is 11.6 Å². The molecule has 1 aliphatic heterocycles. The van der Waals surface area contributed by atoms with E-state index in [1.54, 1.807) is 6.08 Å². The average Bonchev–Trinajstić information content (AvgIpc) is 1.59. The van der Waals surface area contributed by atoms with Crippen LogP contribution in [-0.2, 0) is 0 Å². The summed E-state index contributed by atoms with van der Waals surface area (Å²) in [7, 11) is 1.93. The molecule has 2 N–H and O–H groups in total. The molecule has 1 heterocycles. The van der Waals surface area contributed by atoms with Crippen molar-refractivity contribution in [1.29, 1.82) is 0 Å². The standard InChI is InChI=1S/C6H9ClN2/c1-9-3-5(7)2-6(8)4-9/h2-3H,4,8H2,1H3. The second kappa shape index (κ2) is 2.31. The van der Waals surface area contributed by atoms with Crippen LogP contribution in [0.3, 0.4) is 0 Å². The van der Waals surface area contributed by atoms with Crippen LogP contribution in [0.2, 0.25) is 0 Å². The van der Waals surface area contributed by atoms with Crippen molar-refractivity contribution in [2.75, 3.05) is 13.6 Å². The molecule has 2 nitrogen and oxygen atoms in total. The summed E-state index contributed by atoms with van der Waals surface area (Å²) in [6, 6.07) is 0. The molecule has 0 unspecified atom stereocenters. The number of rotatable bonds is 0. The molecular weight excluding hydrogens is 136 g/mol. The van der Waals surface area contributed by atoms with E-state index in [1.165, 1.54) is 0 Å². The monoisotopic (exact) mass is 144 g/mol. The van der Waals surface area contributed by atoms with Crippen LogP contribution in [0.4, 0.5) is 0 Å². The fourth-order valence-corrected chi connectivity index (χ4v) is 1.11. The fraction of sp³-hybridized carbons (Fsp3) is 0.333. The lowest BCUT2D eigenvalue weighted by Crippen LogP contribution is -2.21. The third kappa shape index (κ3) is 1.64. The van der Waals surface area contributed by atoms with E-state index in [-0.39, 0.29) is 0 Å². The minimum atomic E-state index is 0.696. The van der Waals surface area contributed by atoms with E-state index >= 15 is 0 Å². The highest BCUT2D eigenvalue weighted by atomic mass is 35.5. The predicted molar refractivity (Wildman–Crippen MR) is 38.8 cm³/mol. The molecule has 0 atom stereocenters. The van der Waals surface area contributed by atoms with E-state index in [4.69, 9.17) is 17.3 Å². The van der Waals surface area contributed by atoms with Gasteiger partial charge in [-0.25, -0.2) is 0 Å². The van der Waals surface area contributed by atoms with Crippen molar-refractivity contribution in [3.8, 4) is 0 Å². The Morgan fingerprint density at radius 2 is 2.44 bits per heavy atom. The summed E-state index contributed by atoms with van der Waals surface area (Å²) < 4.78 is 0. The number of halogens is 1. The Kier molecular flexibility index (Phi) is 1.67. The first-order chi connectivity index (χ1) is 4.18. The highest BCUT2D eigenvalue weighted by molar-refractivity contribution is 6.31. The minimum absolute atomic E-state index is 0.696. The first kappa shape index (κ1) is 6.49. The lowest BCUT2D eigenvalue weighted by atomic mass is 10.3. The molecule has 0 aliphatic carbocycles. The number of allylic oxidation sites excluding steroid dienone is 2. The first-order valence-electron chi connectivity index (χ1n) is 2.72. The highest BCUT2D eigenvalue weighted by Crippen LogP contribution is 2.11. The Balaban J connectivity index is 2.74. The van der Waals surface area contributed by atoms with Crippen LogP contribution in [0.25, 0.3) is 0 Å². The normalized spacial score (nSPS) is 19.1. The summed E-state index contributed by atoms with van der Waals surface area (Å²) in [5, 5.41) is 0.696.